The molecule has 3 heterocycles. The van der Waals surface area contributed by atoms with Crippen LogP contribution in [-0.2, 0) is 14.6 Å². The van der Waals surface area contributed by atoms with Crippen molar-refractivity contribution in [2.24, 2.45) is 0 Å². The van der Waals surface area contributed by atoms with Crippen molar-refractivity contribution >= 4 is 32.8 Å². The van der Waals surface area contributed by atoms with Gasteiger partial charge in [0.15, 0.2) is 9.84 Å². The first kappa shape index (κ1) is 17.9. The van der Waals surface area contributed by atoms with Gasteiger partial charge in [-0.2, -0.15) is 0 Å². The van der Waals surface area contributed by atoms with Crippen molar-refractivity contribution < 1.29 is 22.5 Å². The Balaban J connectivity index is 1.45. The second-order valence-corrected chi connectivity index (χ2v) is 9.40. The Morgan fingerprint density at radius 1 is 1.30 bits per heavy atom. The highest BCUT2D eigenvalue weighted by atomic mass is 32.2. The van der Waals surface area contributed by atoms with Gasteiger partial charge in [-0.05, 0) is 32.3 Å². The van der Waals surface area contributed by atoms with E-state index in [0.29, 0.717) is 34.7 Å². The van der Waals surface area contributed by atoms with Crippen LogP contribution in [-0.4, -0.2) is 54.5 Å². The molecular formula is C17H20N4O5S. The number of aryl methyl sites for hydroxylation is 1. The largest absolute Gasteiger partial charge is 0.351 e. The predicted molar refractivity (Wildman–Crippen MR) is 96.1 cm³/mol. The summed E-state index contributed by atoms with van der Waals surface area (Å²) in [6.07, 6.45) is 2.45. The maximum atomic E-state index is 12.7. The molecule has 1 saturated heterocycles. The van der Waals surface area contributed by atoms with E-state index in [9.17, 15) is 18.0 Å². The zero-order valence-corrected chi connectivity index (χ0v) is 15.6. The van der Waals surface area contributed by atoms with E-state index >= 15 is 0 Å². The molecule has 2 aliphatic rings. The summed E-state index contributed by atoms with van der Waals surface area (Å²) < 4.78 is 28.1. The SMILES string of the molecule is Cc1noc2nc(C3CC3)cc(C(=O)NCC(=O)NC3CCS(=O)(=O)C3)c12. The molecule has 2 amide bonds. The van der Waals surface area contributed by atoms with Crippen molar-refractivity contribution in [3.63, 3.8) is 0 Å². The van der Waals surface area contributed by atoms with Crippen molar-refractivity contribution in [1.82, 2.24) is 20.8 Å². The third-order valence-electron chi connectivity index (χ3n) is 4.88. The molecule has 0 aromatic carbocycles. The Bertz CT molecular complexity index is 1030. The summed E-state index contributed by atoms with van der Waals surface area (Å²) >= 11 is 0. The highest BCUT2D eigenvalue weighted by molar-refractivity contribution is 7.91. The Morgan fingerprint density at radius 3 is 2.74 bits per heavy atom. The second-order valence-electron chi connectivity index (χ2n) is 7.17. The zero-order valence-electron chi connectivity index (χ0n) is 14.8. The molecule has 0 spiro atoms. The van der Waals surface area contributed by atoms with Crippen LogP contribution in [0.2, 0.25) is 0 Å². The topological polar surface area (TPSA) is 131 Å². The van der Waals surface area contributed by atoms with Crippen molar-refractivity contribution in [1.29, 1.82) is 0 Å². The molecule has 9 nitrogen and oxygen atoms in total. The van der Waals surface area contributed by atoms with Crippen molar-refractivity contribution in [2.45, 2.75) is 38.1 Å². The van der Waals surface area contributed by atoms with E-state index in [1.807, 2.05) is 0 Å². The second kappa shape index (κ2) is 6.59. The van der Waals surface area contributed by atoms with Gasteiger partial charge in [-0.1, -0.05) is 5.16 Å². The van der Waals surface area contributed by atoms with Gasteiger partial charge in [0, 0.05) is 17.7 Å². The van der Waals surface area contributed by atoms with Crippen LogP contribution in [0.3, 0.4) is 0 Å². The van der Waals surface area contributed by atoms with Gasteiger partial charge in [0.1, 0.15) is 0 Å². The molecule has 1 atom stereocenters. The maximum absolute atomic E-state index is 12.7. The summed E-state index contributed by atoms with van der Waals surface area (Å²) in [7, 11) is -3.07. The van der Waals surface area contributed by atoms with E-state index in [2.05, 4.69) is 20.8 Å². The third kappa shape index (κ3) is 3.80. The first-order valence-electron chi connectivity index (χ1n) is 8.87. The Kier molecular flexibility index (Phi) is 4.37. The summed E-state index contributed by atoms with van der Waals surface area (Å²) in [5.74, 6) is -0.470. The fourth-order valence-electron chi connectivity index (χ4n) is 3.32. The highest BCUT2D eigenvalue weighted by Crippen LogP contribution is 2.40. The van der Waals surface area contributed by atoms with Crippen LogP contribution in [0.4, 0.5) is 0 Å². The average Bonchev–Trinajstić information content (AvgIpc) is 3.33. The standard InChI is InChI=1S/C17H20N4O5S/c1-9-15-12(6-13(10-2-3-10)20-17(15)26-21-9)16(23)18-7-14(22)19-11-4-5-27(24,25)8-11/h6,10-11H,2-5,7-8H2,1H3,(H,18,23)(H,19,22). The van der Waals surface area contributed by atoms with Gasteiger partial charge in [0.05, 0.1) is 34.7 Å². The number of pyridine rings is 1. The molecule has 0 bridgehead atoms. The van der Waals surface area contributed by atoms with Gasteiger partial charge < -0.3 is 15.2 Å². The van der Waals surface area contributed by atoms with Gasteiger partial charge >= 0.3 is 0 Å². The lowest BCUT2D eigenvalue weighted by atomic mass is 10.1. The summed E-state index contributed by atoms with van der Waals surface area (Å²) in [4.78, 5) is 29.1. The quantitative estimate of drug-likeness (QED) is 0.755. The van der Waals surface area contributed by atoms with Crippen molar-refractivity contribution in [3.8, 4) is 0 Å². The van der Waals surface area contributed by atoms with Crippen LogP contribution in [0.1, 0.15) is 46.9 Å². The average molecular weight is 392 g/mol. The number of sulfone groups is 1. The first-order chi connectivity index (χ1) is 12.8. The zero-order chi connectivity index (χ0) is 19.2. The Labute approximate surface area is 155 Å². The molecule has 1 unspecified atom stereocenters. The van der Waals surface area contributed by atoms with Gasteiger partial charge in [-0.25, -0.2) is 13.4 Å². The van der Waals surface area contributed by atoms with E-state index in [4.69, 9.17) is 4.52 Å². The Hall–Kier alpha value is -2.49. The number of carbonyl (C=O) groups is 2. The molecule has 2 aromatic rings. The van der Waals surface area contributed by atoms with Crippen molar-refractivity contribution in [2.75, 3.05) is 18.1 Å². The molecule has 1 aliphatic heterocycles. The molecule has 1 saturated carbocycles. The molecule has 27 heavy (non-hydrogen) atoms. The number of fused-ring (bicyclic) bond motifs is 1. The molecule has 4 rings (SSSR count). The van der Waals surface area contributed by atoms with E-state index in [1.165, 1.54) is 0 Å². The van der Waals surface area contributed by atoms with Crippen LogP contribution in [0.25, 0.3) is 11.1 Å². The van der Waals surface area contributed by atoms with Crippen LogP contribution < -0.4 is 10.6 Å². The van der Waals surface area contributed by atoms with Crippen LogP contribution in [0, 0.1) is 6.92 Å². The van der Waals surface area contributed by atoms with E-state index < -0.39 is 27.7 Å². The van der Waals surface area contributed by atoms with Gasteiger partial charge in [-0.3, -0.25) is 9.59 Å². The molecule has 144 valence electrons. The van der Waals surface area contributed by atoms with Crippen LogP contribution >= 0.6 is 0 Å². The molecule has 0 radical (unpaired) electrons. The minimum atomic E-state index is -3.07. The lowest BCUT2D eigenvalue weighted by Crippen LogP contribution is -2.42. The van der Waals surface area contributed by atoms with Gasteiger partial charge in [-0.15, -0.1) is 0 Å². The number of amides is 2. The minimum absolute atomic E-state index is 0.0533. The number of hydrogen-bond acceptors (Lipinski definition) is 7. The summed E-state index contributed by atoms with van der Waals surface area (Å²) in [6, 6.07) is 1.34. The van der Waals surface area contributed by atoms with Crippen molar-refractivity contribution in [3.05, 3.63) is 23.0 Å². The van der Waals surface area contributed by atoms with Gasteiger partial charge in [0.25, 0.3) is 11.6 Å². The molecule has 2 fully saturated rings. The molecular weight excluding hydrogens is 372 g/mol. The predicted octanol–water partition coefficient (Wildman–Crippen LogP) is 0.442. The molecule has 2 aromatic heterocycles. The number of carbonyl (C=O) groups excluding carboxylic acids is 2. The van der Waals surface area contributed by atoms with E-state index in [0.717, 1.165) is 18.5 Å². The number of aromatic nitrogens is 2. The highest BCUT2D eigenvalue weighted by Gasteiger charge is 2.30. The molecule has 1 aliphatic carbocycles. The first-order valence-corrected chi connectivity index (χ1v) is 10.7. The van der Waals surface area contributed by atoms with E-state index in [1.54, 1.807) is 13.0 Å². The lowest BCUT2D eigenvalue weighted by molar-refractivity contribution is -0.120. The number of hydrogen-bond donors (Lipinski definition) is 2. The summed E-state index contributed by atoms with van der Waals surface area (Å²) in [6.45, 7) is 1.50. The summed E-state index contributed by atoms with van der Waals surface area (Å²) in [5, 5.41) is 9.66. The monoisotopic (exact) mass is 392 g/mol. The third-order valence-corrected chi connectivity index (χ3v) is 6.65. The fraction of sp³-hybridized carbons (Fsp3) is 0.529. The molecule has 10 heteroatoms. The number of rotatable bonds is 5. The van der Waals surface area contributed by atoms with Gasteiger partial charge in [0.2, 0.25) is 5.91 Å². The fourth-order valence-corrected chi connectivity index (χ4v) is 5.00. The number of nitrogens with zero attached hydrogens (tertiary/aromatic N) is 2. The smallest absolute Gasteiger partial charge is 0.259 e. The molecule has 2 N–H and O–H groups in total. The minimum Gasteiger partial charge on any atom is -0.351 e. The van der Waals surface area contributed by atoms with Crippen LogP contribution in [0.5, 0.6) is 0 Å². The van der Waals surface area contributed by atoms with Crippen LogP contribution in [0.15, 0.2) is 10.6 Å². The normalized spacial score (nSPS) is 21.3. The Morgan fingerprint density at radius 2 is 2.07 bits per heavy atom. The number of nitrogens with one attached hydrogen (secondary N) is 2. The summed E-state index contributed by atoms with van der Waals surface area (Å²) in [5.41, 5.74) is 2.06. The van der Waals surface area contributed by atoms with E-state index in [-0.39, 0.29) is 18.1 Å². The maximum Gasteiger partial charge on any atom is 0.259 e. The lowest BCUT2D eigenvalue weighted by Gasteiger charge is -2.12.